The molecule has 0 aromatic heterocycles. The molecule has 1 saturated carbocycles. The van der Waals surface area contributed by atoms with Gasteiger partial charge in [-0.2, -0.15) is 11.8 Å². The number of carbonyl (C=O) groups is 2. The number of aliphatic carboxylic acids is 1. The molecule has 0 heterocycles. The first kappa shape index (κ1) is 15.1. The Morgan fingerprint density at radius 3 is 2.44 bits per heavy atom. The predicted octanol–water partition coefficient (Wildman–Crippen LogP) is 1.68. The second kappa shape index (κ2) is 7.51. The highest BCUT2D eigenvalue weighted by molar-refractivity contribution is 7.99. The van der Waals surface area contributed by atoms with Gasteiger partial charge in [0, 0.05) is 17.8 Å². The topological polar surface area (TPSA) is 78.4 Å². The highest BCUT2D eigenvalue weighted by Crippen LogP contribution is 2.24. The van der Waals surface area contributed by atoms with Crippen molar-refractivity contribution in [3.63, 3.8) is 0 Å². The van der Waals surface area contributed by atoms with Crippen LogP contribution in [0.3, 0.4) is 0 Å². The zero-order valence-corrected chi connectivity index (χ0v) is 11.8. The number of rotatable bonds is 5. The monoisotopic (exact) mass is 274 g/mol. The van der Waals surface area contributed by atoms with E-state index in [9.17, 15) is 9.59 Å². The van der Waals surface area contributed by atoms with E-state index in [1.165, 1.54) is 0 Å². The van der Waals surface area contributed by atoms with E-state index < -0.39 is 5.97 Å². The second-order valence-electron chi connectivity index (χ2n) is 4.79. The summed E-state index contributed by atoms with van der Waals surface area (Å²) in [6.45, 7) is 2.71. The first-order valence-corrected chi connectivity index (χ1v) is 7.61. The third-order valence-electron chi connectivity index (χ3n) is 3.36. The number of thioether (sulfide) groups is 1. The second-order valence-corrected chi connectivity index (χ2v) is 6.06. The molecule has 1 aliphatic carbocycles. The average molecular weight is 274 g/mol. The highest BCUT2D eigenvalue weighted by atomic mass is 32.2. The number of amides is 2. The molecule has 0 aromatic carbocycles. The van der Waals surface area contributed by atoms with Gasteiger partial charge in [0.1, 0.15) is 0 Å². The summed E-state index contributed by atoms with van der Waals surface area (Å²) in [5.74, 6) is -0.950. The molecule has 1 rings (SSSR count). The van der Waals surface area contributed by atoms with Crippen molar-refractivity contribution in [1.82, 2.24) is 10.6 Å². The molecule has 0 radical (unpaired) electrons. The van der Waals surface area contributed by atoms with Crippen molar-refractivity contribution in [2.75, 3.05) is 12.8 Å². The first-order chi connectivity index (χ1) is 8.52. The fraction of sp³-hybridized carbons (Fsp3) is 0.833. The Labute approximate surface area is 112 Å². The molecule has 1 unspecified atom stereocenters. The summed E-state index contributed by atoms with van der Waals surface area (Å²) in [4.78, 5) is 22.4. The molecular formula is C12H22N2O3S. The molecular weight excluding hydrogens is 252 g/mol. The van der Waals surface area contributed by atoms with Gasteiger partial charge in [0.15, 0.2) is 0 Å². The van der Waals surface area contributed by atoms with Gasteiger partial charge in [0.05, 0.1) is 5.92 Å². The van der Waals surface area contributed by atoms with Crippen LogP contribution in [-0.2, 0) is 4.79 Å². The number of carboxylic acid groups (broad SMARTS) is 1. The minimum absolute atomic E-state index is 0.116. The lowest BCUT2D eigenvalue weighted by Crippen LogP contribution is -2.45. The molecule has 104 valence electrons. The van der Waals surface area contributed by atoms with Crippen LogP contribution in [0.2, 0.25) is 0 Å². The lowest BCUT2D eigenvalue weighted by atomic mass is 9.86. The zero-order chi connectivity index (χ0) is 13.5. The number of hydrogen-bond acceptors (Lipinski definition) is 3. The summed E-state index contributed by atoms with van der Waals surface area (Å²) in [6, 6.07) is -0.0279. The Bertz CT molecular complexity index is 291. The standard InChI is InChI=1S/C12H22N2O3S/c1-8(18-2)7-13-12(17)14-10-5-3-9(4-6-10)11(15)16/h8-10H,3-7H2,1-2H3,(H,15,16)(H2,13,14,17). The van der Waals surface area contributed by atoms with E-state index in [1.807, 2.05) is 6.26 Å². The van der Waals surface area contributed by atoms with E-state index in [0.717, 1.165) is 12.8 Å². The van der Waals surface area contributed by atoms with Gasteiger partial charge in [-0.1, -0.05) is 6.92 Å². The Morgan fingerprint density at radius 1 is 1.33 bits per heavy atom. The van der Waals surface area contributed by atoms with E-state index in [1.54, 1.807) is 11.8 Å². The van der Waals surface area contributed by atoms with Crippen LogP contribution in [-0.4, -0.2) is 41.2 Å². The molecule has 0 aliphatic heterocycles. The van der Waals surface area contributed by atoms with Crippen molar-refractivity contribution in [1.29, 1.82) is 0 Å². The van der Waals surface area contributed by atoms with E-state index in [2.05, 4.69) is 17.6 Å². The number of carboxylic acids is 1. The van der Waals surface area contributed by atoms with Crippen molar-refractivity contribution in [2.45, 2.75) is 43.9 Å². The number of hydrogen-bond donors (Lipinski definition) is 3. The molecule has 1 aliphatic rings. The molecule has 2 amide bonds. The van der Waals surface area contributed by atoms with E-state index in [4.69, 9.17) is 5.11 Å². The minimum Gasteiger partial charge on any atom is -0.481 e. The van der Waals surface area contributed by atoms with Gasteiger partial charge in [-0.15, -0.1) is 0 Å². The molecule has 18 heavy (non-hydrogen) atoms. The first-order valence-electron chi connectivity index (χ1n) is 6.33. The maximum atomic E-state index is 11.6. The van der Waals surface area contributed by atoms with Crippen LogP contribution in [0.15, 0.2) is 0 Å². The maximum absolute atomic E-state index is 11.6. The molecule has 0 spiro atoms. The third kappa shape index (κ3) is 5.16. The summed E-state index contributed by atoms with van der Waals surface area (Å²) in [7, 11) is 0. The summed E-state index contributed by atoms with van der Waals surface area (Å²) in [5.41, 5.74) is 0. The predicted molar refractivity (Wildman–Crippen MR) is 72.9 cm³/mol. The van der Waals surface area contributed by atoms with Gasteiger partial charge in [-0.25, -0.2) is 4.79 Å². The largest absolute Gasteiger partial charge is 0.481 e. The van der Waals surface area contributed by atoms with Crippen molar-refractivity contribution >= 4 is 23.8 Å². The SMILES string of the molecule is CSC(C)CNC(=O)NC1CCC(C(=O)O)CC1. The van der Waals surface area contributed by atoms with Crippen LogP contribution in [0.4, 0.5) is 4.79 Å². The minimum atomic E-state index is -0.716. The van der Waals surface area contributed by atoms with Crippen LogP contribution in [0.5, 0.6) is 0 Å². The summed E-state index contributed by atoms with van der Waals surface area (Å²) in [5, 5.41) is 15.0. The molecule has 0 saturated heterocycles. The maximum Gasteiger partial charge on any atom is 0.315 e. The smallest absolute Gasteiger partial charge is 0.315 e. The van der Waals surface area contributed by atoms with Gasteiger partial charge in [0.2, 0.25) is 0 Å². The fourth-order valence-electron chi connectivity index (χ4n) is 2.04. The Hall–Kier alpha value is -0.910. The van der Waals surface area contributed by atoms with Crippen molar-refractivity contribution in [2.24, 2.45) is 5.92 Å². The highest BCUT2D eigenvalue weighted by Gasteiger charge is 2.26. The van der Waals surface area contributed by atoms with E-state index in [0.29, 0.717) is 24.6 Å². The Balaban J connectivity index is 2.20. The summed E-state index contributed by atoms with van der Waals surface area (Å²) >= 11 is 1.71. The lowest BCUT2D eigenvalue weighted by molar-refractivity contribution is -0.142. The van der Waals surface area contributed by atoms with E-state index >= 15 is 0 Å². The Kier molecular flexibility index (Phi) is 6.32. The van der Waals surface area contributed by atoms with Gasteiger partial charge >= 0.3 is 12.0 Å². The summed E-state index contributed by atoms with van der Waals surface area (Å²) in [6.07, 6.45) is 4.82. The number of carbonyl (C=O) groups excluding carboxylic acids is 1. The number of urea groups is 1. The quantitative estimate of drug-likeness (QED) is 0.713. The van der Waals surface area contributed by atoms with Crippen LogP contribution in [0, 0.1) is 5.92 Å². The molecule has 1 atom stereocenters. The van der Waals surface area contributed by atoms with Gasteiger partial charge < -0.3 is 15.7 Å². The van der Waals surface area contributed by atoms with Gasteiger partial charge in [0.25, 0.3) is 0 Å². The van der Waals surface area contributed by atoms with Crippen LogP contribution in [0.25, 0.3) is 0 Å². The van der Waals surface area contributed by atoms with Crippen LogP contribution >= 0.6 is 11.8 Å². The molecule has 6 heteroatoms. The fourth-order valence-corrected chi connectivity index (χ4v) is 2.29. The van der Waals surface area contributed by atoms with Gasteiger partial charge in [-0.05, 0) is 31.9 Å². The van der Waals surface area contributed by atoms with Crippen molar-refractivity contribution in [3.8, 4) is 0 Å². The molecule has 5 nitrogen and oxygen atoms in total. The van der Waals surface area contributed by atoms with E-state index in [-0.39, 0.29) is 18.0 Å². The molecule has 1 fully saturated rings. The molecule has 0 bridgehead atoms. The van der Waals surface area contributed by atoms with Crippen LogP contribution in [0.1, 0.15) is 32.6 Å². The van der Waals surface area contributed by atoms with Crippen LogP contribution < -0.4 is 10.6 Å². The van der Waals surface area contributed by atoms with Gasteiger partial charge in [-0.3, -0.25) is 4.79 Å². The molecule has 3 N–H and O–H groups in total. The normalized spacial score (nSPS) is 25.2. The van der Waals surface area contributed by atoms with Crippen molar-refractivity contribution < 1.29 is 14.7 Å². The summed E-state index contributed by atoms with van der Waals surface area (Å²) < 4.78 is 0. The zero-order valence-electron chi connectivity index (χ0n) is 10.9. The lowest BCUT2D eigenvalue weighted by Gasteiger charge is -2.27. The van der Waals surface area contributed by atoms with Crippen molar-refractivity contribution in [3.05, 3.63) is 0 Å². The Morgan fingerprint density at radius 2 is 1.94 bits per heavy atom. The average Bonchev–Trinajstić information content (AvgIpc) is 2.36. The molecule has 0 aromatic rings. The third-order valence-corrected chi connectivity index (χ3v) is 4.34. The number of nitrogens with one attached hydrogen (secondary N) is 2.